The van der Waals surface area contributed by atoms with Crippen LogP contribution in [0.1, 0.15) is 24.0 Å². The number of hydrogen-bond donors (Lipinski definition) is 2. The van der Waals surface area contributed by atoms with Crippen molar-refractivity contribution in [2.75, 3.05) is 7.11 Å². The molecule has 4 heteroatoms. The van der Waals surface area contributed by atoms with Crippen molar-refractivity contribution in [3.05, 3.63) is 29.3 Å². The van der Waals surface area contributed by atoms with Gasteiger partial charge < -0.3 is 15.6 Å². The van der Waals surface area contributed by atoms with Gasteiger partial charge in [-0.2, -0.15) is 0 Å². The summed E-state index contributed by atoms with van der Waals surface area (Å²) in [5.74, 6) is -0.241. The summed E-state index contributed by atoms with van der Waals surface area (Å²) in [5, 5.41) is 9.24. The average Bonchev–Trinajstić information content (AvgIpc) is 2.28. The summed E-state index contributed by atoms with van der Waals surface area (Å²) in [7, 11) is 1.59. The SMILES string of the molecule is COc1cccc2c1CCCC2(N)C(=O)O. The molecule has 0 bridgehead atoms. The molecule has 1 atom stereocenters. The minimum absolute atomic E-state index is 0.475. The van der Waals surface area contributed by atoms with Crippen LogP contribution in [0.2, 0.25) is 0 Å². The van der Waals surface area contributed by atoms with E-state index in [1.807, 2.05) is 6.07 Å². The molecule has 86 valence electrons. The molecule has 1 aromatic rings. The zero-order chi connectivity index (χ0) is 11.8. The number of carboxylic acid groups (broad SMARTS) is 1. The molecule has 4 nitrogen and oxygen atoms in total. The molecule has 0 amide bonds. The highest BCUT2D eigenvalue weighted by Crippen LogP contribution is 2.37. The number of carbonyl (C=O) groups is 1. The maximum absolute atomic E-state index is 11.3. The Balaban J connectivity index is 2.59. The van der Waals surface area contributed by atoms with Crippen LogP contribution in [0.5, 0.6) is 5.75 Å². The van der Waals surface area contributed by atoms with Gasteiger partial charge in [0, 0.05) is 0 Å². The van der Waals surface area contributed by atoms with E-state index >= 15 is 0 Å². The van der Waals surface area contributed by atoms with Crippen LogP contribution < -0.4 is 10.5 Å². The molecule has 16 heavy (non-hydrogen) atoms. The summed E-state index contributed by atoms with van der Waals surface area (Å²) in [4.78, 5) is 11.3. The van der Waals surface area contributed by atoms with E-state index in [0.717, 1.165) is 24.2 Å². The molecule has 0 aromatic heterocycles. The lowest BCUT2D eigenvalue weighted by molar-refractivity contribution is -0.144. The van der Waals surface area contributed by atoms with Gasteiger partial charge in [-0.25, -0.2) is 4.79 Å². The normalized spacial score (nSPS) is 23.6. The van der Waals surface area contributed by atoms with E-state index in [2.05, 4.69) is 0 Å². The summed E-state index contributed by atoms with van der Waals surface area (Å²) in [6.45, 7) is 0. The van der Waals surface area contributed by atoms with Crippen molar-refractivity contribution in [1.29, 1.82) is 0 Å². The average molecular weight is 221 g/mol. The highest BCUT2D eigenvalue weighted by Gasteiger charge is 2.40. The Morgan fingerprint density at radius 3 is 2.94 bits per heavy atom. The Hall–Kier alpha value is -1.55. The molecule has 0 radical (unpaired) electrons. The lowest BCUT2D eigenvalue weighted by atomic mass is 9.77. The van der Waals surface area contributed by atoms with E-state index in [1.54, 1.807) is 19.2 Å². The second kappa shape index (κ2) is 3.79. The Kier molecular flexibility index (Phi) is 2.59. The van der Waals surface area contributed by atoms with E-state index in [4.69, 9.17) is 10.5 Å². The van der Waals surface area contributed by atoms with Crippen molar-refractivity contribution in [3.63, 3.8) is 0 Å². The number of hydrogen-bond acceptors (Lipinski definition) is 3. The standard InChI is InChI=1S/C12H15NO3/c1-16-10-6-2-5-9-8(10)4-3-7-12(9,13)11(14)15/h2,5-6H,3-4,7,13H2,1H3,(H,14,15). The zero-order valence-electron chi connectivity index (χ0n) is 9.19. The summed E-state index contributed by atoms with van der Waals surface area (Å²) < 4.78 is 5.24. The van der Waals surface area contributed by atoms with Crippen molar-refractivity contribution < 1.29 is 14.6 Å². The van der Waals surface area contributed by atoms with Crippen LogP contribution in [0.15, 0.2) is 18.2 Å². The number of nitrogens with two attached hydrogens (primary N) is 1. The third-order valence-electron chi connectivity index (χ3n) is 3.21. The molecule has 1 aromatic carbocycles. The predicted molar refractivity (Wildman–Crippen MR) is 59.4 cm³/mol. The van der Waals surface area contributed by atoms with Gasteiger partial charge in [-0.05, 0) is 36.5 Å². The first-order valence-corrected chi connectivity index (χ1v) is 5.28. The van der Waals surface area contributed by atoms with Crippen LogP contribution in [0.25, 0.3) is 0 Å². The Morgan fingerprint density at radius 1 is 1.56 bits per heavy atom. The van der Waals surface area contributed by atoms with Gasteiger partial charge in [0.15, 0.2) is 0 Å². The summed E-state index contributed by atoms with van der Waals surface area (Å²) in [5.41, 5.74) is 6.34. The van der Waals surface area contributed by atoms with Crippen molar-refractivity contribution in [1.82, 2.24) is 0 Å². The maximum Gasteiger partial charge on any atom is 0.328 e. The number of methoxy groups -OCH3 is 1. The smallest absolute Gasteiger partial charge is 0.328 e. The zero-order valence-corrected chi connectivity index (χ0v) is 9.19. The minimum atomic E-state index is -1.26. The van der Waals surface area contributed by atoms with Crippen molar-refractivity contribution in [2.24, 2.45) is 5.73 Å². The van der Waals surface area contributed by atoms with Crippen LogP contribution >= 0.6 is 0 Å². The maximum atomic E-state index is 11.3. The molecular formula is C12H15NO3. The summed E-state index contributed by atoms with van der Waals surface area (Å²) in [6, 6.07) is 5.41. The fourth-order valence-electron chi connectivity index (χ4n) is 2.33. The number of rotatable bonds is 2. The summed E-state index contributed by atoms with van der Waals surface area (Å²) >= 11 is 0. The fraction of sp³-hybridized carbons (Fsp3) is 0.417. The topological polar surface area (TPSA) is 72.5 Å². The number of carboxylic acids is 1. The van der Waals surface area contributed by atoms with Gasteiger partial charge in [0.1, 0.15) is 11.3 Å². The fourth-order valence-corrected chi connectivity index (χ4v) is 2.33. The molecule has 1 aliphatic carbocycles. The third-order valence-corrected chi connectivity index (χ3v) is 3.21. The first-order chi connectivity index (χ1) is 7.59. The molecule has 2 rings (SSSR count). The van der Waals surface area contributed by atoms with E-state index in [-0.39, 0.29) is 0 Å². The van der Waals surface area contributed by atoms with Crippen molar-refractivity contribution in [3.8, 4) is 5.75 Å². The molecule has 0 spiro atoms. The number of benzene rings is 1. The largest absolute Gasteiger partial charge is 0.496 e. The van der Waals surface area contributed by atoms with Gasteiger partial charge in [0.05, 0.1) is 7.11 Å². The molecular weight excluding hydrogens is 206 g/mol. The van der Waals surface area contributed by atoms with E-state index in [1.165, 1.54) is 0 Å². The van der Waals surface area contributed by atoms with Crippen LogP contribution in [-0.2, 0) is 16.8 Å². The lowest BCUT2D eigenvalue weighted by Gasteiger charge is -2.32. The molecule has 3 N–H and O–H groups in total. The summed E-state index contributed by atoms with van der Waals surface area (Å²) in [6.07, 6.45) is 2.07. The first-order valence-electron chi connectivity index (χ1n) is 5.28. The van der Waals surface area contributed by atoms with Crippen LogP contribution in [0, 0.1) is 0 Å². The third kappa shape index (κ3) is 1.46. The minimum Gasteiger partial charge on any atom is -0.496 e. The van der Waals surface area contributed by atoms with Crippen LogP contribution in [0.3, 0.4) is 0 Å². The van der Waals surface area contributed by atoms with Crippen molar-refractivity contribution >= 4 is 5.97 Å². The number of ether oxygens (including phenoxy) is 1. The number of aliphatic carboxylic acids is 1. The number of fused-ring (bicyclic) bond motifs is 1. The molecule has 0 fully saturated rings. The molecule has 0 aliphatic heterocycles. The highest BCUT2D eigenvalue weighted by atomic mass is 16.5. The van der Waals surface area contributed by atoms with Crippen LogP contribution in [-0.4, -0.2) is 18.2 Å². The van der Waals surface area contributed by atoms with E-state index < -0.39 is 11.5 Å². The van der Waals surface area contributed by atoms with Crippen LogP contribution in [0.4, 0.5) is 0 Å². The van der Waals surface area contributed by atoms with E-state index in [9.17, 15) is 9.90 Å². The van der Waals surface area contributed by atoms with Gasteiger partial charge in [-0.3, -0.25) is 0 Å². The predicted octanol–water partition coefficient (Wildman–Crippen LogP) is 1.27. The molecule has 0 saturated heterocycles. The molecule has 1 unspecified atom stereocenters. The molecule has 0 saturated carbocycles. The van der Waals surface area contributed by atoms with Gasteiger partial charge in [0.2, 0.25) is 0 Å². The van der Waals surface area contributed by atoms with Gasteiger partial charge in [-0.1, -0.05) is 12.1 Å². The second-order valence-electron chi connectivity index (χ2n) is 4.12. The Labute approximate surface area is 94.0 Å². The monoisotopic (exact) mass is 221 g/mol. The van der Waals surface area contributed by atoms with Gasteiger partial charge in [-0.15, -0.1) is 0 Å². The Bertz CT molecular complexity index is 430. The highest BCUT2D eigenvalue weighted by molar-refractivity contribution is 5.81. The van der Waals surface area contributed by atoms with Crippen molar-refractivity contribution in [2.45, 2.75) is 24.8 Å². The molecule has 1 aliphatic rings. The van der Waals surface area contributed by atoms with Gasteiger partial charge >= 0.3 is 5.97 Å². The lowest BCUT2D eigenvalue weighted by Crippen LogP contribution is -2.47. The van der Waals surface area contributed by atoms with E-state index in [0.29, 0.717) is 12.0 Å². The Morgan fingerprint density at radius 2 is 2.31 bits per heavy atom. The molecule has 0 heterocycles. The van der Waals surface area contributed by atoms with Gasteiger partial charge in [0.25, 0.3) is 0 Å². The quantitative estimate of drug-likeness (QED) is 0.788. The first kappa shape index (κ1) is 11.0. The second-order valence-corrected chi connectivity index (χ2v) is 4.12.